The number of hydrogen-bond donors (Lipinski definition) is 0. The Balaban J connectivity index is 2.00. The van der Waals surface area contributed by atoms with Crippen molar-refractivity contribution in [1.29, 1.82) is 0 Å². The lowest BCUT2D eigenvalue weighted by Crippen LogP contribution is -2.41. The van der Waals surface area contributed by atoms with E-state index >= 15 is 0 Å². The summed E-state index contributed by atoms with van der Waals surface area (Å²) in [6.07, 6.45) is 3.58. The van der Waals surface area contributed by atoms with Crippen LogP contribution in [0.5, 0.6) is 11.5 Å². The third-order valence-electron chi connectivity index (χ3n) is 6.25. The van der Waals surface area contributed by atoms with E-state index in [1.807, 2.05) is 39.8 Å². The molecule has 2 unspecified atom stereocenters. The summed E-state index contributed by atoms with van der Waals surface area (Å²) in [5.74, 6) is 1.80. The molecule has 0 amide bonds. The van der Waals surface area contributed by atoms with Gasteiger partial charge in [0.15, 0.2) is 0 Å². The van der Waals surface area contributed by atoms with Gasteiger partial charge in [-0.25, -0.2) is 0 Å². The minimum Gasteiger partial charge on any atom is -0.491 e. The highest BCUT2D eigenvalue weighted by molar-refractivity contribution is 5.74. The highest BCUT2D eigenvalue weighted by Crippen LogP contribution is 2.53. The van der Waals surface area contributed by atoms with Crippen molar-refractivity contribution in [1.82, 2.24) is 0 Å². The highest BCUT2D eigenvalue weighted by atomic mass is 16.5. The fraction of sp³-hybridized carbons (Fsp3) is 0.536. The maximum Gasteiger partial charge on any atom is 0.313 e. The molecule has 3 rings (SSSR count). The lowest BCUT2D eigenvalue weighted by molar-refractivity contribution is -0.137. The standard InChI is InChI=1S/C28H38O3/c1-19(2)26(29)31-25-14-10-23(11-15-25)28(17-21(5)16-27(6,7)18-28)22-8-12-24(13-9-22)30-20(3)4/h8-15,19-21H,16-18H2,1-7H3. The van der Waals surface area contributed by atoms with Crippen LogP contribution in [0.15, 0.2) is 48.5 Å². The molecule has 2 atom stereocenters. The van der Waals surface area contributed by atoms with Crippen LogP contribution >= 0.6 is 0 Å². The van der Waals surface area contributed by atoms with E-state index in [4.69, 9.17) is 9.47 Å². The van der Waals surface area contributed by atoms with Crippen LogP contribution in [0.4, 0.5) is 0 Å². The van der Waals surface area contributed by atoms with E-state index in [9.17, 15) is 4.79 Å². The molecule has 0 saturated heterocycles. The predicted octanol–water partition coefficient (Wildman–Crippen LogP) is 7.17. The second-order valence-electron chi connectivity index (χ2n) is 10.7. The fourth-order valence-electron chi connectivity index (χ4n) is 5.38. The van der Waals surface area contributed by atoms with Crippen molar-refractivity contribution in [2.45, 2.75) is 79.2 Å². The Morgan fingerprint density at radius 2 is 1.39 bits per heavy atom. The number of hydrogen-bond acceptors (Lipinski definition) is 3. The van der Waals surface area contributed by atoms with E-state index in [-0.39, 0.29) is 28.8 Å². The van der Waals surface area contributed by atoms with E-state index in [0.29, 0.717) is 11.7 Å². The number of rotatable bonds is 6. The van der Waals surface area contributed by atoms with Gasteiger partial charge in [-0.15, -0.1) is 0 Å². The number of ether oxygens (including phenoxy) is 2. The first-order valence-corrected chi connectivity index (χ1v) is 11.6. The molecule has 168 valence electrons. The van der Waals surface area contributed by atoms with Crippen molar-refractivity contribution in [3.63, 3.8) is 0 Å². The van der Waals surface area contributed by atoms with Crippen molar-refractivity contribution in [2.75, 3.05) is 0 Å². The summed E-state index contributed by atoms with van der Waals surface area (Å²) in [4.78, 5) is 12.0. The van der Waals surface area contributed by atoms with Crippen molar-refractivity contribution < 1.29 is 14.3 Å². The lowest BCUT2D eigenvalue weighted by atomic mass is 9.55. The molecule has 31 heavy (non-hydrogen) atoms. The molecule has 3 nitrogen and oxygen atoms in total. The Bertz CT molecular complexity index is 877. The van der Waals surface area contributed by atoms with Crippen molar-refractivity contribution in [2.24, 2.45) is 17.3 Å². The third-order valence-corrected chi connectivity index (χ3v) is 6.25. The first kappa shape index (κ1) is 23.4. The van der Waals surface area contributed by atoms with Gasteiger partial charge in [-0.05, 0) is 79.8 Å². The van der Waals surface area contributed by atoms with Gasteiger partial charge in [0.25, 0.3) is 0 Å². The normalized spacial score (nSPS) is 23.1. The van der Waals surface area contributed by atoms with Gasteiger partial charge in [0.1, 0.15) is 11.5 Å². The minimum absolute atomic E-state index is 0.0713. The zero-order valence-corrected chi connectivity index (χ0v) is 20.2. The Kier molecular flexibility index (Phi) is 6.83. The van der Waals surface area contributed by atoms with Crippen LogP contribution in [0.3, 0.4) is 0 Å². The summed E-state index contributed by atoms with van der Waals surface area (Å²) >= 11 is 0. The van der Waals surface area contributed by atoms with Crippen LogP contribution in [0.2, 0.25) is 0 Å². The smallest absolute Gasteiger partial charge is 0.313 e. The molecule has 2 aromatic carbocycles. The van der Waals surface area contributed by atoms with E-state index in [1.54, 1.807) is 0 Å². The average molecular weight is 423 g/mol. The van der Waals surface area contributed by atoms with Gasteiger partial charge >= 0.3 is 5.97 Å². The summed E-state index contributed by atoms with van der Waals surface area (Å²) in [7, 11) is 0. The number of carbonyl (C=O) groups is 1. The predicted molar refractivity (Wildman–Crippen MR) is 127 cm³/mol. The Hall–Kier alpha value is -2.29. The molecule has 0 heterocycles. The van der Waals surface area contributed by atoms with Gasteiger partial charge in [-0.2, -0.15) is 0 Å². The number of benzene rings is 2. The highest BCUT2D eigenvalue weighted by Gasteiger charge is 2.45. The van der Waals surface area contributed by atoms with Crippen molar-refractivity contribution >= 4 is 5.97 Å². The van der Waals surface area contributed by atoms with E-state index < -0.39 is 0 Å². The summed E-state index contributed by atoms with van der Waals surface area (Å²) < 4.78 is 11.4. The van der Waals surface area contributed by atoms with Crippen LogP contribution < -0.4 is 9.47 Å². The maximum atomic E-state index is 12.0. The third kappa shape index (κ3) is 5.50. The molecule has 0 aromatic heterocycles. The van der Waals surface area contributed by atoms with Gasteiger partial charge in [0.05, 0.1) is 12.0 Å². The fourth-order valence-corrected chi connectivity index (χ4v) is 5.38. The second kappa shape index (κ2) is 9.06. The molecule has 1 saturated carbocycles. The zero-order valence-electron chi connectivity index (χ0n) is 20.2. The van der Waals surface area contributed by atoms with Crippen molar-refractivity contribution in [3.05, 3.63) is 59.7 Å². The van der Waals surface area contributed by atoms with Gasteiger partial charge in [0, 0.05) is 5.41 Å². The molecule has 2 aromatic rings. The van der Waals surface area contributed by atoms with Gasteiger partial charge in [-0.3, -0.25) is 4.79 Å². The summed E-state index contributed by atoms with van der Waals surface area (Å²) in [5, 5.41) is 0. The van der Waals surface area contributed by atoms with Crippen molar-refractivity contribution in [3.8, 4) is 11.5 Å². The molecule has 3 heteroatoms. The number of carbonyl (C=O) groups excluding carboxylic acids is 1. The van der Waals surface area contributed by atoms with Gasteiger partial charge in [0.2, 0.25) is 0 Å². The minimum atomic E-state index is -0.198. The molecular weight excluding hydrogens is 384 g/mol. The Morgan fingerprint density at radius 3 is 1.84 bits per heavy atom. The monoisotopic (exact) mass is 422 g/mol. The zero-order chi connectivity index (χ0) is 22.8. The Labute approximate surface area is 188 Å². The molecule has 0 aliphatic heterocycles. The molecule has 1 aliphatic carbocycles. The van der Waals surface area contributed by atoms with Crippen LogP contribution in [-0.2, 0) is 10.2 Å². The lowest BCUT2D eigenvalue weighted by Gasteiger charge is -2.48. The molecule has 1 fully saturated rings. The molecule has 0 spiro atoms. The first-order valence-electron chi connectivity index (χ1n) is 11.6. The van der Waals surface area contributed by atoms with Crippen LogP contribution in [-0.4, -0.2) is 12.1 Å². The van der Waals surface area contributed by atoms with Crippen LogP contribution in [0.25, 0.3) is 0 Å². The van der Waals surface area contributed by atoms with Crippen LogP contribution in [0, 0.1) is 17.3 Å². The molecule has 0 N–H and O–H groups in total. The molecule has 0 radical (unpaired) electrons. The van der Waals surface area contributed by atoms with E-state index in [0.717, 1.165) is 18.6 Å². The van der Waals surface area contributed by atoms with E-state index in [1.165, 1.54) is 17.5 Å². The quantitative estimate of drug-likeness (QED) is 0.366. The molecule has 0 bridgehead atoms. The Morgan fingerprint density at radius 1 is 0.871 bits per heavy atom. The summed E-state index contributed by atoms with van der Waals surface area (Å²) in [6.45, 7) is 14.9. The average Bonchev–Trinajstić information content (AvgIpc) is 2.66. The summed E-state index contributed by atoms with van der Waals surface area (Å²) in [6, 6.07) is 16.9. The van der Waals surface area contributed by atoms with Gasteiger partial charge in [-0.1, -0.05) is 58.9 Å². The topological polar surface area (TPSA) is 35.5 Å². The summed E-state index contributed by atoms with van der Waals surface area (Å²) in [5.41, 5.74) is 2.79. The maximum absolute atomic E-state index is 12.0. The molecular formula is C28H38O3. The second-order valence-corrected chi connectivity index (χ2v) is 10.7. The van der Waals surface area contributed by atoms with E-state index in [2.05, 4.69) is 57.2 Å². The number of esters is 1. The SMILES string of the molecule is CC1CC(C)(C)CC(c2ccc(OC(=O)C(C)C)cc2)(c2ccc(OC(C)C)cc2)C1. The first-order chi connectivity index (χ1) is 14.5. The van der Waals surface area contributed by atoms with Gasteiger partial charge < -0.3 is 9.47 Å². The largest absolute Gasteiger partial charge is 0.491 e. The van der Waals surface area contributed by atoms with Crippen LogP contribution in [0.1, 0.15) is 78.9 Å². The molecule has 1 aliphatic rings.